The number of aromatic nitrogens is 1. The molecule has 0 amide bonds. The second-order valence-electron chi connectivity index (χ2n) is 8.26. The van der Waals surface area contributed by atoms with Crippen LogP contribution in [0.1, 0.15) is 17.8 Å². The number of hydrogen-bond donors (Lipinski definition) is 3. The monoisotopic (exact) mass is 583 g/mol. The molecule has 1 aliphatic heterocycles. The highest BCUT2D eigenvalue weighted by Crippen LogP contribution is 2.46. The van der Waals surface area contributed by atoms with Gasteiger partial charge in [-0.15, -0.1) is 0 Å². The number of hydrogen-bond acceptors (Lipinski definition) is 10. The zero-order chi connectivity index (χ0) is 26.6. The number of para-hydroxylation sites is 2. The molecule has 0 saturated heterocycles. The molecular formula is C23H27N4O6S4+. The van der Waals surface area contributed by atoms with E-state index in [1.165, 1.54) is 23.1 Å². The zero-order valence-electron chi connectivity index (χ0n) is 19.7. The maximum Gasteiger partial charge on any atom is 0.283 e. The van der Waals surface area contributed by atoms with Gasteiger partial charge in [0.25, 0.3) is 25.2 Å². The number of nitrogens with two attached hydrogens (primary N) is 2. The van der Waals surface area contributed by atoms with Crippen LogP contribution in [0.3, 0.4) is 0 Å². The summed E-state index contributed by atoms with van der Waals surface area (Å²) in [6, 6.07) is 15.6. The van der Waals surface area contributed by atoms with E-state index in [1.54, 1.807) is 0 Å². The molecule has 37 heavy (non-hydrogen) atoms. The Kier molecular flexibility index (Phi) is 8.58. The van der Waals surface area contributed by atoms with Crippen molar-refractivity contribution in [2.24, 2.45) is 11.6 Å². The fraction of sp³-hybridized carbons (Fsp3) is 0.261. The Labute approximate surface area is 224 Å². The maximum absolute atomic E-state index is 11.7. The molecule has 10 nitrogen and oxygen atoms in total. The SMILES string of the molecule is NOS(=O)(=O)CCCN1C(=CC(N)=Cc2sc3ccccc3[n+]2CCCS(=O)(=O)O)Sc2ccccc21. The first-order chi connectivity index (χ1) is 17.6. The van der Waals surface area contributed by atoms with Crippen LogP contribution in [0, 0.1) is 0 Å². The lowest BCUT2D eigenvalue weighted by molar-refractivity contribution is -0.668. The van der Waals surface area contributed by atoms with Crippen molar-refractivity contribution in [3.8, 4) is 0 Å². The fourth-order valence-corrected chi connectivity index (χ4v) is 7.33. The highest BCUT2D eigenvalue weighted by molar-refractivity contribution is 8.03. The summed E-state index contributed by atoms with van der Waals surface area (Å²) in [5, 5.41) is 1.68. The molecule has 3 aromatic rings. The molecule has 2 heterocycles. The first kappa shape index (κ1) is 27.6. The molecule has 0 atom stereocenters. The largest absolute Gasteiger partial charge is 0.398 e. The molecular weight excluding hydrogens is 557 g/mol. The Morgan fingerprint density at radius 2 is 1.78 bits per heavy atom. The highest BCUT2D eigenvalue weighted by atomic mass is 32.2. The number of rotatable bonds is 11. The van der Waals surface area contributed by atoms with Gasteiger partial charge in [-0.3, -0.25) is 4.55 Å². The highest BCUT2D eigenvalue weighted by Gasteiger charge is 2.26. The van der Waals surface area contributed by atoms with Crippen LogP contribution in [0.15, 0.2) is 70.2 Å². The normalized spacial score (nSPS) is 15.6. The molecule has 0 bridgehead atoms. The number of allylic oxidation sites excluding steroid dienone is 1. The molecule has 2 aromatic carbocycles. The van der Waals surface area contributed by atoms with Gasteiger partial charge >= 0.3 is 0 Å². The third kappa shape index (κ3) is 7.10. The smallest absolute Gasteiger partial charge is 0.283 e. The van der Waals surface area contributed by atoms with Crippen molar-refractivity contribution in [3.63, 3.8) is 0 Å². The Bertz CT molecular complexity index is 1560. The molecule has 0 saturated carbocycles. The minimum absolute atomic E-state index is 0.212. The van der Waals surface area contributed by atoms with E-state index in [0.29, 0.717) is 25.2 Å². The minimum Gasteiger partial charge on any atom is -0.398 e. The second kappa shape index (κ2) is 11.5. The van der Waals surface area contributed by atoms with Crippen molar-refractivity contribution in [2.75, 3.05) is 23.0 Å². The summed E-state index contributed by atoms with van der Waals surface area (Å²) in [5.74, 6) is 4.31. The van der Waals surface area contributed by atoms with Crippen LogP contribution < -0.4 is 21.1 Å². The van der Waals surface area contributed by atoms with Crippen molar-refractivity contribution >= 4 is 65.3 Å². The summed E-state index contributed by atoms with van der Waals surface area (Å²) in [6.45, 7) is 0.813. The first-order valence-electron chi connectivity index (χ1n) is 11.3. The van der Waals surface area contributed by atoms with Gasteiger partial charge in [-0.25, -0.2) is 0 Å². The lowest BCUT2D eigenvalue weighted by Gasteiger charge is -2.20. The van der Waals surface area contributed by atoms with E-state index in [9.17, 15) is 16.8 Å². The average Bonchev–Trinajstić information content (AvgIpc) is 3.36. The van der Waals surface area contributed by atoms with Crippen molar-refractivity contribution in [1.82, 2.24) is 0 Å². The Balaban J connectivity index is 1.62. The van der Waals surface area contributed by atoms with Crippen molar-refractivity contribution in [1.29, 1.82) is 0 Å². The summed E-state index contributed by atoms with van der Waals surface area (Å²) in [4.78, 5) is 3.04. The number of nitrogens with zero attached hydrogens (tertiary/aromatic N) is 2. The molecule has 0 aliphatic carbocycles. The molecule has 0 unspecified atom stereocenters. The van der Waals surface area contributed by atoms with Gasteiger partial charge in [0.15, 0.2) is 6.54 Å². The minimum atomic E-state index is -4.05. The summed E-state index contributed by atoms with van der Waals surface area (Å²) in [6.07, 6.45) is 4.23. The Morgan fingerprint density at radius 3 is 2.54 bits per heavy atom. The molecule has 0 spiro atoms. The van der Waals surface area contributed by atoms with Gasteiger partial charge in [-0.05, 0) is 30.7 Å². The molecule has 1 aromatic heterocycles. The van der Waals surface area contributed by atoms with E-state index in [1.807, 2.05) is 70.1 Å². The standard InChI is InChI=1S/C23H26N4O6S4/c24-17(15-22-26(11-5-13-36(28,29)30)18-7-1-3-9-20(18)34-22)16-23-27(12-6-14-37(31,32)33-25)19-8-2-4-10-21(19)35-23/h1-4,7-10,15-16,24H,5-6,11-14,25H2,(H,28,29,30)/p+1. The fourth-order valence-electron chi connectivity index (χ4n) is 3.96. The number of thiazole rings is 1. The van der Waals surface area contributed by atoms with E-state index in [-0.39, 0.29) is 17.9 Å². The molecule has 0 fully saturated rings. The summed E-state index contributed by atoms with van der Waals surface area (Å²) >= 11 is 3.06. The quantitative estimate of drug-likeness (QED) is 0.174. The first-order valence-corrected chi connectivity index (χ1v) is 16.1. The van der Waals surface area contributed by atoms with Crippen molar-refractivity contribution in [3.05, 3.63) is 70.3 Å². The van der Waals surface area contributed by atoms with Crippen LogP contribution >= 0.6 is 23.1 Å². The Morgan fingerprint density at radius 1 is 1.05 bits per heavy atom. The number of aryl methyl sites for hydroxylation is 1. The summed E-state index contributed by atoms with van der Waals surface area (Å²) < 4.78 is 61.9. The van der Waals surface area contributed by atoms with Crippen LogP contribution in [0.25, 0.3) is 16.3 Å². The van der Waals surface area contributed by atoms with Crippen molar-refractivity contribution < 1.29 is 30.2 Å². The topological polar surface area (TPSA) is 157 Å². The second-order valence-corrected chi connectivity index (χ2v) is 13.7. The number of thioether (sulfide) groups is 1. The van der Waals surface area contributed by atoms with Crippen LogP contribution in [0.5, 0.6) is 0 Å². The van der Waals surface area contributed by atoms with Gasteiger partial charge in [-0.1, -0.05) is 47.4 Å². The van der Waals surface area contributed by atoms with Gasteiger partial charge < -0.3 is 10.6 Å². The molecule has 5 N–H and O–H groups in total. The van der Waals surface area contributed by atoms with Crippen LogP contribution in [0.2, 0.25) is 0 Å². The third-order valence-electron chi connectivity index (χ3n) is 5.56. The average molecular weight is 584 g/mol. The predicted octanol–water partition coefficient (Wildman–Crippen LogP) is 2.83. The molecule has 0 radical (unpaired) electrons. The van der Waals surface area contributed by atoms with E-state index in [2.05, 4.69) is 4.28 Å². The van der Waals surface area contributed by atoms with E-state index < -0.39 is 20.2 Å². The maximum atomic E-state index is 11.7. The lowest BCUT2D eigenvalue weighted by atomic mass is 10.2. The summed E-state index contributed by atoms with van der Waals surface area (Å²) in [7, 11) is -7.82. The van der Waals surface area contributed by atoms with Crippen LogP contribution in [0.4, 0.5) is 5.69 Å². The van der Waals surface area contributed by atoms with Gasteiger partial charge in [0, 0.05) is 35.7 Å². The van der Waals surface area contributed by atoms with Crippen LogP contribution in [-0.4, -0.2) is 39.4 Å². The molecule has 14 heteroatoms. The number of anilines is 1. The van der Waals surface area contributed by atoms with Gasteiger partial charge in [0.05, 0.1) is 22.2 Å². The number of fused-ring (bicyclic) bond motifs is 2. The van der Waals surface area contributed by atoms with Crippen molar-refractivity contribution in [2.45, 2.75) is 24.3 Å². The third-order valence-corrected chi connectivity index (χ3v) is 9.67. The molecule has 1 aliphatic rings. The number of benzene rings is 2. The van der Waals surface area contributed by atoms with Gasteiger partial charge in [-0.2, -0.15) is 31.6 Å². The molecule has 4 rings (SSSR count). The van der Waals surface area contributed by atoms with E-state index in [0.717, 1.165) is 30.8 Å². The predicted molar refractivity (Wildman–Crippen MR) is 147 cm³/mol. The van der Waals surface area contributed by atoms with Gasteiger partial charge in [0.1, 0.15) is 4.70 Å². The van der Waals surface area contributed by atoms with Crippen LogP contribution in [-0.2, 0) is 31.1 Å². The zero-order valence-corrected chi connectivity index (χ0v) is 23.0. The summed E-state index contributed by atoms with van der Waals surface area (Å²) in [5.41, 5.74) is 8.84. The van der Waals surface area contributed by atoms with E-state index in [4.69, 9.17) is 16.2 Å². The lowest BCUT2D eigenvalue weighted by Crippen LogP contribution is -2.36. The van der Waals surface area contributed by atoms with E-state index >= 15 is 0 Å². The Hall–Kier alpha value is -2.46. The van der Waals surface area contributed by atoms with Gasteiger partial charge in [0.2, 0.25) is 5.52 Å². The molecule has 198 valence electrons.